The topological polar surface area (TPSA) is 75.4 Å². The first-order valence-corrected chi connectivity index (χ1v) is 7.74. The maximum atomic E-state index is 12.5. The van der Waals surface area contributed by atoms with Crippen LogP contribution in [0.1, 0.15) is 29.6 Å². The van der Waals surface area contributed by atoms with Crippen LogP contribution in [0.4, 0.5) is 0 Å². The Balaban J connectivity index is 1.61. The molecule has 2 aromatic rings. The summed E-state index contributed by atoms with van der Waals surface area (Å²) in [6.07, 6.45) is 5.26. The van der Waals surface area contributed by atoms with Gasteiger partial charge in [0.25, 0.3) is 5.91 Å². The largest absolute Gasteiger partial charge is 0.481 e. The fourth-order valence-electron chi connectivity index (χ4n) is 2.95. The second kappa shape index (κ2) is 6.64. The molecule has 1 aliphatic rings. The number of amides is 1. The molecule has 0 spiro atoms. The van der Waals surface area contributed by atoms with Crippen molar-refractivity contribution in [3.05, 3.63) is 48.3 Å². The highest BCUT2D eigenvalue weighted by molar-refractivity contribution is 5.94. The highest BCUT2D eigenvalue weighted by atomic mass is 16.4. The molecule has 0 radical (unpaired) electrons. The zero-order chi connectivity index (χ0) is 16.2. The molecule has 1 fully saturated rings. The fourth-order valence-corrected chi connectivity index (χ4v) is 2.95. The Bertz CT molecular complexity index is 672. The van der Waals surface area contributed by atoms with Crippen molar-refractivity contribution in [3.63, 3.8) is 0 Å². The van der Waals surface area contributed by atoms with Gasteiger partial charge in [0.2, 0.25) is 0 Å². The Labute approximate surface area is 134 Å². The standard InChI is InChI=1S/C17H19N3O3/c21-16(22)12-13-6-10-19(11-7-13)17(23)14-2-4-15(5-3-14)20-9-1-8-18-20/h1-5,8-9,13H,6-7,10-12H2,(H,21,22). The molecule has 1 aliphatic heterocycles. The number of carboxylic acids is 1. The minimum atomic E-state index is -0.760. The molecule has 1 amide bonds. The first kappa shape index (κ1) is 15.3. The molecule has 0 atom stereocenters. The minimum absolute atomic E-state index is 0.00536. The van der Waals surface area contributed by atoms with Crippen molar-refractivity contribution in [3.8, 4) is 5.69 Å². The Morgan fingerprint density at radius 2 is 1.87 bits per heavy atom. The summed E-state index contributed by atoms with van der Waals surface area (Å²) in [5.41, 5.74) is 1.56. The molecule has 23 heavy (non-hydrogen) atoms. The third-order valence-corrected chi connectivity index (χ3v) is 4.25. The van der Waals surface area contributed by atoms with Crippen LogP contribution in [0.2, 0.25) is 0 Å². The van der Waals surface area contributed by atoms with E-state index < -0.39 is 5.97 Å². The third-order valence-electron chi connectivity index (χ3n) is 4.25. The van der Waals surface area contributed by atoms with Crippen molar-refractivity contribution >= 4 is 11.9 Å². The van der Waals surface area contributed by atoms with Gasteiger partial charge >= 0.3 is 5.97 Å². The lowest BCUT2D eigenvalue weighted by molar-refractivity contribution is -0.138. The number of aliphatic carboxylic acids is 1. The van der Waals surface area contributed by atoms with E-state index in [0.717, 1.165) is 18.5 Å². The van der Waals surface area contributed by atoms with Crippen LogP contribution in [0.3, 0.4) is 0 Å². The number of carboxylic acid groups (broad SMARTS) is 1. The van der Waals surface area contributed by atoms with Crippen molar-refractivity contribution in [2.24, 2.45) is 5.92 Å². The molecule has 0 saturated carbocycles. The van der Waals surface area contributed by atoms with Gasteiger partial charge < -0.3 is 10.0 Å². The Morgan fingerprint density at radius 3 is 2.43 bits per heavy atom. The molecule has 1 saturated heterocycles. The summed E-state index contributed by atoms with van der Waals surface area (Å²) in [5, 5.41) is 13.0. The molecule has 6 nitrogen and oxygen atoms in total. The van der Waals surface area contributed by atoms with Gasteiger partial charge in [0, 0.05) is 37.5 Å². The van der Waals surface area contributed by atoms with E-state index in [0.29, 0.717) is 18.7 Å². The van der Waals surface area contributed by atoms with Crippen molar-refractivity contribution < 1.29 is 14.7 Å². The van der Waals surface area contributed by atoms with Crippen LogP contribution in [0.15, 0.2) is 42.7 Å². The highest BCUT2D eigenvalue weighted by Crippen LogP contribution is 2.22. The smallest absolute Gasteiger partial charge is 0.303 e. The normalized spacial score (nSPS) is 15.6. The Morgan fingerprint density at radius 1 is 1.17 bits per heavy atom. The molecular weight excluding hydrogens is 294 g/mol. The lowest BCUT2D eigenvalue weighted by atomic mass is 9.93. The van der Waals surface area contributed by atoms with Gasteiger partial charge in [-0.2, -0.15) is 5.10 Å². The van der Waals surface area contributed by atoms with Crippen LogP contribution in [-0.4, -0.2) is 44.8 Å². The van der Waals surface area contributed by atoms with Crippen molar-refractivity contribution in [1.29, 1.82) is 0 Å². The number of nitrogens with zero attached hydrogens (tertiary/aromatic N) is 3. The van der Waals surface area contributed by atoms with Crippen LogP contribution in [0, 0.1) is 5.92 Å². The van der Waals surface area contributed by atoms with E-state index in [2.05, 4.69) is 5.10 Å². The summed E-state index contributed by atoms with van der Waals surface area (Å²) in [5.74, 6) is -0.575. The zero-order valence-electron chi connectivity index (χ0n) is 12.8. The number of rotatable bonds is 4. The summed E-state index contributed by atoms with van der Waals surface area (Å²) < 4.78 is 1.74. The molecule has 6 heteroatoms. The molecule has 0 bridgehead atoms. The molecule has 1 aromatic heterocycles. The monoisotopic (exact) mass is 313 g/mol. The highest BCUT2D eigenvalue weighted by Gasteiger charge is 2.24. The van der Waals surface area contributed by atoms with E-state index in [1.54, 1.807) is 15.8 Å². The molecular formula is C17H19N3O3. The zero-order valence-corrected chi connectivity index (χ0v) is 12.8. The van der Waals surface area contributed by atoms with Crippen LogP contribution in [0.25, 0.3) is 5.69 Å². The second-order valence-corrected chi connectivity index (χ2v) is 5.83. The predicted octanol–water partition coefficient (Wildman–Crippen LogP) is 2.20. The van der Waals surface area contributed by atoms with Gasteiger partial charge in [0.1, 0.15) is 0 Å². The van der Waals surface area contributed by atoms with E-state index >= 15 is 0 Å². The van der Waals surface area contributed by atoms with Crippen LogP contribution < -0.4 is 0 Å². The van der Waals surface area contributed by atoms with E-state index in [1.807, 2.05) is 36.5 Å². The number of carbonyl (C=O) groups excluding carboxylic acids is 1. The summed E-state index contributed by atoms with van der Waals surface area (Å²) >= 11 is 0. The molecule has 120 valence electrons. The first-order chi connectivity index (χ1) is 11.1. The van der Waals surface area contributed by atoms with Gasteiger partial charge in [-0.25, -0.2) is 4.68 Å². The summed E-state index contributed by atoms with van der Waals surface area (Å²) in [6.45, 7) is 1.25. The van der Waals surface area contributed by atoms with Crippen LogP contribution >= 0.6 is 0 Å². The van der Waals surface area contributed by atoms with Crippen molar-refractivity contribution in [2.45, 2.75) is 19.3 Å². The van der Waals surface area contributed by atoms with E-state index in [1.165, 1.54) is 0 Å². The number of piperidine rings is 1. The molecule has 2 heterocycles. The van der Waals surface area contributed by atoms with E-state index in [9.17, 15) is 9.59 Å². The third kappa shape index (κ3) is 3.59. The van der Waals surface area contributed by atoms with Crippen molar-refractivity contribution in [2.75, 3.05) is 13.1 Å². The molecule has 0 aliphatic carbocycles. The number of benzene rings is 1. The summed E-state index contributed by atoms with van der Waals surface area (Å²) in [6, 6.07) is 9.21. The predicted molar refractivity (Wildman–Crippen MR) is 84.4 cm³/mol. The average molecular weight is 313 g/mol. The van der Waals surface area contributed by atoms with Gasteiger partial charge in [0.15, 0.2) is 0 Å². The molecule has 1 aromatic carbocycles. The van der Waals surface area contributed by atoms with Crippen molar-refractivity contribution in [1.82, 2.24) is 14.7 Å². The second-order valence-electron chi connectivity index (χ2n) is 5.83. The quantitative estimate of drug-likeness (QED) is 0.939. The summed E-state index contributed by atoms with van der Waals surface area (Å²) in [4.78, 5) is 25.1. The van der Waals surface area contributed by atoms with E-state index in [-0.39, 0.29) is 18.2 Å². The van der Waals surface area contributed by atoms with Gasteiger partial charge in [-0.15, -0.1) is 0 Å². The van der Waals surface area contributed by atoms with E-state index in [4.69, 9.17) is 5.11 Å². The Hall–Kier alpha value is -2.63. The van der Waals surface area contributed by atoms with Crippen LogP contribution in [-0.2, 0) is 4.79 Å². The number of aromatic nitrogens is 2. The molecule has 3 rings (SSSR count). The van der Waals surface area contributed by atoms with Gasteiger partial charge in [-0.3, -0.25) is 9.59 Å². The van der Waals surface area contributed by atoms with Crippen LogP contribution in [0.5, 0.6) is 0 Å². The minimum Gasteiger partial charge on any atom is -0.481 e. The maximum Gasteiger partial charge on any atom is 0.303 e. The van der Waals surface area contributed by atoms with Gasteiger partial charge in [-0.1, -0.05) is 0 Å². The first-order valence-electron chi connectivity index (χ1n) is 7.74. The van der Waals surface area contributed by atoms with Gasteiger partial charge in [-0.05, 0) is 49.1 Å². The Kier molecular flexibility index (Phi) is 4.41. The SMILES string of the molecule is O=C(O)CC1CCN(C(=O)c2ccc(-n3cccn3)cc2)CC1. The number of hydrogen-bond donors (Lipinski definition) is 1. The fraction of sp³-hybridized carbons (Fsp3) is 0.353. The maximum absolute atomic E-state index is 12.5. The number of likely N-dealkylation sites (tertiary alicyclic amines) is 1. The lowest BCUT2D eigenvalue weighted by Gasteiger charge is -2.31. The molecule has 1 N–H and O–H groups in total. The molecule has 0 unspecified atom stereocenters. The number of carbonyl (C=O) groups is 2. The lowest BCUT2D eigenvalue weighted by Crippen LogP contribution is -2.38. The average Bonchev–Trinajstić information content (AvgIpc) is 3.09. The number of hydrogen-bond acceptors (Lipinski definition) is 3. The summed E-state index contributed by atoms with van der Waals surface area (Å²) in [7, 11) is 0. The van der Waals surface area contributed by atoms with Gasteiger partial charge in [0.05, 0.1) is 5.69 Å².